The summed E-state index contributed by atoms with van der Waals surface area (Å²) in [4.78, 5) is 29.1. The molecule has 0 spiro atoms. The number of rotatable bonds is 6. The first-order valence-corrected chi connectivity index (χ1v) is 10.0. The van der Waals surface area contributed by atoms with Crippen molar-refractivity contribution in [1.29, 1.82) is 0 Å². The Morgan fingerprint density at radius 3 is 2.79 bits per heavy atom. The highest BCUT2D eigenvalue weighted by Gasteiger charge is 2.17. The van der Waals surface area contributed by atoms with Gasteiger partial charge in [-0.25, -0.2) is 4.98 Å². The summed E-state index contributed by atoms with van der Waals surface area (Å²) in [6.45, 7) is 3.81. The largest absolute Gasteiger partial charge is 0.495 e. The molecule has 2 aromatic carbocycles. The molecule has 28 heavy (non-hydrogen) atoms. The lowest BCUT2D eigenvalue weighted by Gasteiger charge is -2.17. The molecule has 6 nitrogen and oxygen atoms in total. The summed E-state index contributed by atoms with van der Waals surface area (Å²) >= 11 is 7.62. The number of thioether (sulfide) groups is 1. The van der Waals surface area contributed by atoms with E-state index in [-0.39, 0.29) is 11.5 Å². The van der Waals surface area contributed by atoms with Gasteiger partial charge in [0.25, 0.3) is 5.56 Å². The summed E-state index contributed by atoms with van der Waals surface area (Å²) in [6.07, 6.45) is 0. The molecule has 8 heteroatoms. The molecule has 0 saturated carbocycles. The van der Waals surface area contributed by atoms with E-state index in [1.54, 1.807) is 16.7 Å². The number of hydrogen-bond donors (Lipinski definition) is 1. The maximum atomic E-state index is 13.3. The molecule has 3 aromatic rings. The minimum absolute atomic E-state index is 0.0977. The highest BCUT2D eigenvalue weighted by atomic mass is 35.5. The fourth-order valence-corrected chi connectivity index (χ4v) is 3.79. The average Bonchev–Trinajstić information content (AvgIpc) is 2.67. The van der Waals surface area contributed by atoms with Gasteiger partial charge in [-0.05, 0) is 30.7 Å². The van der Waals surface area contributed by atoms with E-state index >= 15 is 0 Å². The number of benzene rings is 2. The number of nitrogens with zero attached hydrogens (tertiary/aromatic N) is 2. The van der Waals surface area contributed by atoms with Gasteiger partial charge >= 0.3 is 0 Å². The van der Waals surface area contributed by atoms with Crippen LogP contribution in [0.1, 0.15) is 12.5 Å². The Kier molecular flexibility index (Phi) is 6.26. The van der Waals surface area contributed by atoms with Gasteiger partial charge in [0, 0.05) is 30.3 Å². The molecule has 1 heterocycles. The van der Waals surface area contributed by atoms with E-state index in [2.05, 4.69) is 10.3 Å². The van der Waals surface area contributed by atoms with Crippen molar-refractivity contribution < 1.29 is 9.53 Å². The molecule has 0 fully saturated rings. The Bertz CT molecular complexity index is 1100. The molecule has 0 aliphatic rings. The predicted octanol–water partition coefficient (Wildman–Crippen LogP) is 3.58. The average molecular weight is 418 g/mol. The number of amides is 1. The van der Waals surface area contributed by atoms with E-state index < -0.39 is 0 Å². The second kappa shape index (κ2) is 8.67. The Morgan fingerprint density at radius 1 is 1.32 bits per heavy atom. The number of aromatic nitrogens is 2. The van der Waals surface area contributed by atoms with Gasteiger partial charge in [0.2, 0.25) is 5.91 Å². The molecule has 0 atom stereocenters. The van der Waals surface area contributed by atoms with Crippen LogP contribution in [0.4, 0.5) is 0 Å². The van der Waals surface area contributed by atoms with Crippen molar-refractivity contribution in [2.75, 3.05) is 19.4 Å². The third-order valence-electron chi connectivity index (χ3n) is 4.15. The number of aryl methyl sites for hydroxylation is 1. The Morgan fingerprint density at radius 2 is 2.07 bits per heavy atom. The predicted molar refractivity (Wildman–Crippen MR) is 113 cm³/mol. The van der Waals surface area contributed by atoms with E-state index in [1.165, 1.54) is 25.8 Å². The molecule has 146 valence electrons. The normalized spacial score (nSPS) is 10.9. The minimum atomic E-state index is -0.187. The first kappa shape index (κ1) is 20.2. The molecule has 0 unspecified atom stereocenters. The van der Waals surface area contributed by atoms with E-state index in [1.807, 2.05) is 31.2 Å². The zero-order valence-electron chi connectivity index (χ0n) is 15.8. The number of methoxy groups -OCH3 is 1. The van der Waals surface area contributed by atoms with E-state index in [4.69, 9.17) is 16.3 Å². The lowest BCUT2D eigenvalue weighted by molar-refractivity contribution is -0.118. The molecule has 1 N–H and O–H groups in total. The fourth-order valence-electron chi connectivity index (χ4n) is 2.78. The maximum absolute atomic E-state index is 13.3. The van der Waals surface area contributed by atoms with Gasteiger partial charge in [0.1, 0.15) is 5.75 Å². The molecular weight excluding hydrogens is 398 g/mol. The molecule has 1 aromatic heterocycles. The van der Waals surface area contributed by atoms with Crippen molar-refractivity contribution >= 4 is 40.2 Å². The van der Waals surface area contributed by atoms with Crippen molar-refractivity contribution in [2.45, 2.75) is 19.0 Å². The van der Waals surface area contributed by atoms with Crippen LogP contribution in [0, 0.1) is 6.92 Å². The second-order valence-electron chi connectivity index (χ2n) is 6.16. The lowest BCUT2D eigenvalue weighted by atomic mass is 10.2. The van der Waals surface area contributed by atoms with E-state index in [0.717, 1.165) is 5.56 Å². The smallest absolute Gasteiger partial charge is 0.266 e. The van der Waals surface area contributed by atoms with Crippen molar-refractivity contribution in [2.24, 2.45) is 0 Å². The Hall–Kier alpha value is -2.51. The number of para-hydroxylation sites is 1. The Balaban J connectivity index is 2.18. The topological polar surface area (TPSA) is 73.2 Å². The number of carbonyl (C=O) groups is 1. The SMILES string of the molecule is COc1cc(Cl)c(C)cc1-n1c(SCCNC(C)=O)nc2ccccc2c1=O. The monoisotopic (exact) mass is 417 g/mol. The van der Waals surface area contributed by atoms with Crippen LogP contribution in [-0.4, -0.2) is 34.9 Å². The van der Waals surface area contributed by atoms with E-state index in [0.29, 0.717) is 44.8 Å². The highest BCUT2D eigenvalue weighted by Crippen LogP contribution is 2.31. The summed E-state index contributed by atoms with van der Waals surface area (Å²) in [7, 11) is 1.54. The number of ether oxygens (including phenoxy) is 1. The van der Waals surface area contributed by atoms with Gasteiger partial charge in [0.15, 0.2) is 5.16 Å². The van der Waals surface area contributed by atoms with Crippen LogP contribution in [0.25, 0.3) is 16.6 Å². The van der Waals surface area contributed by atoms with Crippen LogP contribution in [-0.2, 0) is 4.79 Å². The summed E-state index contributed by atoms with van der Waals surface area (Å²) in [5.41, 5.74) is 1.84. The molecule has 1 amide bonds. The van der Waals surface area contributed by atoms with Gasteiger partial charge < -0.3 is 10.1 Å². The first-order chi connectivity index (χ1) is 13.4. The molecule has 0 aliphatic carbocycles. The highest BCUT2D eigenvalue weighted by molar-refractivity contribution is 7.99. The molecule has 0 radical (unpaired) electrons. The molecule has 3 rings (SSSR count). The number of hydrogen-bond acceptors (Lipinski definition) is 5. The van der Waals surface area contributed by atoms with Crippen molar-refractivity contribution in [3.8, 4) is 11.4 Å². The molecule has 0 saturated heterocycles. The van der Waals surface area contributed by atoms with Gasteiger partial charge in [0.05, 0.1) is 23.7 Å². The Labute approximate surface area is 171 Å². The number of nitrogens with one attached hydrogen (secondary N) is 1. The third kappa shape index (κ3) is 4.15. The van der Waals surface area contributed by atoms with Gasteiger partial charge in [-0.2, -0.15) is 0 Å². The third-order valence-corrected chi connectivity index (χ3v) is 5.50. The van der Waals surface area contributed by atoms with Crippen LogP contribution in [0.15, 0.2) is 46.3 Å². The van der Waals surface area contributed by atoms with Crippen molar-refractivity contribution in [1.82, 2.24) is 14.9 Å². The quantitative estimate of drug-likeness (QED) is 0.377. The zero-order valence-corrected chi connectivity index (χ0v) is 17.4. The van der Waals surface area contributed by atoms with Crippen LogP contribution in [0.3, 0.4) is 0 Å². The maximum Gasteiger partial charge on any atom is 0.266 e. The lowest BCUT2D eigenvalue weighted by Crippen LogP contribution is -2.24. The first-order valence-electron chi connectivity index (χ1n) is 8.66. The number of carbonyl (C=O) groups excluding carboxylic acids is 1. The summed E-state index contributed by atoms with van der Waals surface area (Å²) in [6, 6.07) is 10.7. The molecule has 0 bridgehead atoms. The number of fused-ring (bicyclic) bond motifs is 1. The standard InChI is InChI=1S/C20H20ClN3O3S/c1-12-10-17(18(27-3)11-15(12)21)24-19(26)14-6-4-5-7-16(14)23-20(24)28-9-8-22-13(2)25/h4-7,10-11H,8-9H2,1-3H3,(H,22,25). The van der Waals surface area contributed by atoms with Gasteiger partial charge in [-0.1, -0.05) is 35.5 Å². The van der Waals surface area contributed by atoms with Crippen molar-refractivity contribution in [3.63, 3.8) is 0 Å². The summed E-state index contributed by atoms with van der Waals surface area (Å²) in [5, 5.41) is 4.35. The second-order valence-corrected chi connectivity index (χ2v) is 7.63. The van der Waals surface area contributed by atoms with Gasteiger partial charge in [-0.3, -0.25) is 14.2 Å². The van der Waals surface area contributed by atoms with Crippen molar-refractivity contribution in [3.05, 3.63) is 57.3 Å². The van der Waals surface area contributed by atoms with Crippen LogP contribution < -0.4 is 15.6 Å². The van der Waals surface area contributed by atoms with Gasteiger partial charge in [-0.15, -0.1) is 0 Å². The summed E-state index contributed by atoms with van der Waals surface area (Å²) in [5.74, 6) is 0.956. The van der Waals surface area contributed by atoms with Crippen LogP contribution in [0.2, 0.25) is 5.02 Å². The summed E-state index contributed by atoms with van der Waals surface area (Å²) < 4.78 is 7.02. The molecule has 0 aliphatic heterocycles. The molecular formula is C20H20ClN3O3S. The number of halogens is 1. The fraction of sp³-hybridized carbons (Fsp3) is 0.250. The minimum Gasteiger partial charge on any atom is -0.495 e. The van der Waals surface area contributed by atoms with Crippen LogP contribution >= 0.6 is 23.4 Å². The zero-order chi connectivity index (χ0) is 20.3. The van der Waals surface area contributed by atoms with E-state index in [9.17, 15) is 9.59 Å². The van der Waals surface area contributed by atoms with Crippen LogP contribution in [0.5, 0.6) is 5.75 Å².